The lowest BCUT2D eigenvalue weighted by Gasteiger charge is -2.13. The van der Waals surface area contributed by atoms with Crippen molar-refractivity contribution in [1.29, 1.82) is 0 Å². The molecule has 0 radical (unpaired) electrons. The van der Waals surface area contributed by atoms with Crippen LogP contribution in [0.1, 0.15) is 20.3 Å². The topological polar surface area (TPSA) is 32.3 Å². The molecular weight excluding hydrogens is 152 g/mol. The number of likely N-dealkylation sites (tertiary alicyclic amines) is 1. The van der Waals surface area contributed by atoms with Crippen LogP contribution in [0.3, 0.4) is 0 Å². The summed E-state index contributed by atoms with van der Waals surface area (Å²) in [6, 6.07) is 0. The summed E-state index contributed by atoms with van der Waals surface area (Å²) < 4.78 is 0. The number of hydrogen-bond donors (Lipinski definition) is 1. The predicted molar refractivity (Wildman–Crippen MR) is 48.9 cm³/mol. The maximum atomic E-state index is 11.0. The van der Waals surface area contributed by atoms with E-state index in [1.54, 1.807) is 6.92 Å². The summed E-state index contributed by atoms with van der Waals surface area (Å²) in [6.45, 7) is 7.73. The number of nitrogens with zero attached hydrogens (tertiary/aromatic N) is 1. The van der Waals surface area contributed by atoms with Gasteiger partial charge >= 0.3 is 0 Å². The van der Waals surface area contributed by atoms with Crippen LogP contribution < -0.4 is 5.32 Å². The summed E-state index contributed by atoms with van der Waals surface area (Å²) in [4.78, 5) is 12.9. The molecule has 1 rings (SSSR count). The normalized spacial score (nSPS) is 23.2. The van der Waals surface area contributed by atoms with Crippen LogP contribution in [0.15, 0.2) is 0 Å². The van der Waals surface area contributed by atoms with Crippen molar-refractivity contribution in [3.8, 4) is 0 Å². The highest BCUT2D eigenvalue weighted by Crippen LogP contribution is 2.14. The van der Waals surface area contributed by atoms with E-state index < -0.39 is 0 Å². The van der Waals surface area contributed by atoms with Gasteiger partial charge in [-0.2, -0.15) is 0 Å². The Morgan fingerprint density at radius 1 is 1.67 bits per heavy atom. The van der Waals surface area contributed by atoms with Crippen LogP contribution in [0.5, 0.6) is 0 Å². The van der Waals surface area contributed by atoms with Crippen molar-refractivity contribution < 1.29 is 4.79 Å². The number of carbonyl (C=O) groups excluding carboxylic acids is 1. The summed E-state index contributed by atoms with van der Waals surface area (Å²) in [5.41, 5.74) is 0. The quantitative estimate of drug-likeness (QED) is 0.667. The van der Waals surface area contributed by atoms with E-state index in [1.165, 1.54) is 0 Å². The molecule has 1 atom stereocenters. The average molecular weight is 170 g/mol. The van der Waals surface area contributed by atoms with Crippen molar-refractivity contribution in [2.24, 2.45) is 5.92 Å². The molecule has 12 heavy (non-hydrogen) atoms. The standard InChI is InChI=1S/C9H18N2O/c1-3-10-6-9-4-5-11(7-9)8(2)12/h9-10H,3-7H2,1-2H3/t9-/m1/s1. The molecule has 0 aliphatic carbocycles. The van der Waals surface area contributed by atoms with Gasteiger partial charge in [0, 0.05) is 20.0 Å². The van der Waals surface area contributed by atoms with E-state index in [4.69, 9.17) is 0 Å². The van der Waals surface area contributed by atoms with Gasteiger partial charge in [-0.3, -0.25) is 4.79 Å². The molecule has 1 N–H and O–H groups in total. The summed E-state index contributed by atoms with van der Waals surface area (Å²) in [5, 5.41) is 3.31. The Morgan fingerprint density at radius 2 is 2.42 bits per heavy atom. The average Bonchev–Trinajstić information content (AvgIpc) is 2.48. The van der Waals surface area contributed by atoms with E-state index in [-0.39, 0.29) is 5.91 Å². The molecule has 3 nitrogen and oxygen atoms in total. The molecule has 0 aromatic rings. The van der Waals surface area contributed by atoms with Crippen LogP contribution >= 0.6 is 0 Å². The van der Waals surface area contributed by atoms with Crippen molar-refractivity contribution in [2.75, 3.05) is 26.2 Å². The van der Waals surface area contributed by atoms with Crippen LogP contribution in [0.25, 0.3) is 0 Å². The fourth-order valence-electron chi connectivity index (χ4n) is 1.63. The SMILES string of the molecule is CCNC[C@H]1CCN(C(C)=O)C1. The third-order valence-electron chi connectivity index (χ3n) is 2.41. The lowest BCUT2D eigenvalue weighted by molar-refractivity contribution is -0.127. The number of carbonyl (C=O) groups is 1. The van der Waals surface area contributed by atoms with Crippen molar-refractivity contribution in [3.63, 3.8) is 0 Å². The highest BCUT2D eigenvalue weighted by molar-refractivity contribution is 5.73. The van der Waals surface area contributed by atoms with Crippen LogP contribution in [0, 0.1) is 5.92 Å². The number of nitrogens with one attached hydrogen (secondary N) is 1. The van der Waals surface area contributed by atoms with E-state index >= 15 is 0 Å². The van der Waals surface area contributed by atoms with Crippen molar-refractivity contribution >= 4 is 5.91 Å². The fourth-order valence-corrected chi connectivity index (χ4v) is 1.63. The lowest BCUT2D eigenvalue weighted by Crippen LogP contribution is -2.29. The molecule has 1 heterocycles. The van der Waals surface area contributed by atoms with Gasteiger partial charge in [0.1, 0.15) is 0 Å². The first-order chi connectivity index (χ1) is 5.74. The zero-order valence-corrected chi connectivity index (χ0v) is 7.97. The number of rotatable bonds is 3. The zero-order valence-electron chi connectivity index (χ0n) is 7.97. The second-order valence-corrected chi connectivity index (χ2v) is 3.43. The van der Waals surface area contributed by atoms with Crippen molar-refractivity contribution in [1.82, 2.24) is 10.2 Å². The highest BCUT2D eigenvalue weighted by Gasteiger charge is 2.23. The zero-order chi connectivity index (χ0) is 8.97. The van der Waals surface area contributed by atoms with Gasteiger partial charge in [-0.05, 0) is 25.4 Å². The lowest BCUT2D eigenvalue weighted by atomic mass is 10.1. The van der Waals surface area contributed by atoms with Gasteiger partial charge in [-0.15, -0.1) is 0 Å². The molecule has 0 bridgehead atoms. The monoisotopic (exact) mass is 170 g/mol. The second kappa shape index (κ2) is 4.45. The molecule has 0 unspecified atom stereocenters. The molecule has 0 spiro atoms. The number of hydrogen-bond acceptors (Lipinski definition) is 2. The summed E-state index contributed by atoms with van der Waals surface area (Å²) in [6.07, 6.45) is 1.16. The molecule has 3 heteroatoms. The summed E-state index contributed by atoms with van der Waals surface area (Å²) >= 11 is 0. The van der Waals surface area contributed by atoms with Gasteiger partial charge in [0.25, 0.3) is 0 Å². The first kappa shape index (κ1) is 9.52. The minimum absolute atomic E-state index is 0.217. The first-order valence-corrected chi connectivity index (χ1v) is 4.70. The molecule has 0 aromatic heterocycles. The first-order valence-electron chi connectivity index (χ1n) is 4.70. The van der Waals surface area contributed by atoms with Crippen molar-refractivity contribution in [3.05, 3.63) is 0 Å². The van der Waals surface area contributed by atoms with Crippen molar-refractivity contribution in [2.45, 2.75) is 20.3 Å². The minimum atomic E-state index is 0.217. The molecule has 1 amide bonds. The van der Waals surface area contributed by atoms with Gasteiger partial charge in [0.15, 0.2) is 0 Å². The molecule has 0 aromatic carbocycles. The Morgan fingerprint density at radius 3 is 2.92 bits per heavy atom. The van der Waals surface area contributed by atoms with Gasteiger partial charge in [0.2, 0.25) is 5.91 Å². The third kappa shape index (κ3) is 2.48. The smallest absolute Gasteiger partial charge is 0.219 e. The predicted octanol–water partition coefficient (Wildman–Crippen LogP) is 0.464. The van der Waals surface area contributed by atoms with E-state index in [9.17, 15) is 4.79 Å². The number of amides is 1. The fraction of sp³-hybridized carbons (Fsp3) is 0.889. The van der Waals surface area contributed by atoms with Crippen LogP contribution in [-0.4, -0.2) is 37.0 Å². The molecule has 70 valence electrons. The summed E-state index contributed by atoms with van der Waals surface area (Å²) in [5.74, 6) is 0.892. The molecule has 1 fully saturated rings. The van der Waals surface area contributed by atoms with Gasteiger partial charge < -0.3 is 10.2 Å². The second-order valence-electron chi connectivity index (χ2n) is 3.43. The van der Waals surface area contributed by atoms with Crippen LogP contribution in [0.4, 0.5) is 0 Å². The maximum Gasteiger partial charge on any atom is 0.219 e. The highest BCUT2D eigenvalue weighted by atomic mass is 16.2. The third-order valence-corrected chi connectivity index (χ3v) is 2.41. The maximum absolute atomic E-state index is 11.0. The van der Waals surface area contributed by atoms with Crippen LogP contribution in [-0.2, 0) is 4.79 Å². The van der Waals surface area contributed by atoms with Gasteiger partial charge in [-0.1, -0.05) is 6.92 Å². The Balaban J connectivity index is 2.21. The largest absolute Gasteiger partial charge is 0.343 e. The van der Waals surface area contributed by atoms with E-state index in [2.05, 4.69) is 12.2 Å². The molecule has 1 saturated heterocycles. The Labute approximate surface area is 74.1 Å². The van der Waals surface area contributed by atoms with Gasteiger partial charge in [0.05, 0.1) is 0 Å². The Hall–Kier alpha value is -0.570. The molecule has 0 saturated carbocycles. The molecule has 1 aliphatic heterocycles. The minimum Gasteiger partial charge on any atom is -0.343 e. The molecular formula is C9H18N2O. The molecule has 1 aliphatic rings. The Kier molecular flexibility index (Phi) is 3.53. The van der Waals surface area contributed by atoms with E-state index in [1.807, 2.05) is 4.90 Å². The van der Waals surface area contributed by atoms with E-state index in [0.29, 0.717) is 5.92 Å². The van der Waals surface area contributed by atoms with Gasteiger partial charge in [-0.25, -0.2) is 0 Å². The Bertz CT molecular complexity index is 159. The summed E-state index contributed by atoms with van der Waals surface area (Å²) in [7, 11) is 0. The van der Waals surface area contributed by atoms with E-state index in [0.717, 1.165) is 32.6 Å². The van der Waals surface area contributed by atoms with Crippen LogP contribution in [0.2, 0.25) is 0 Å².